The van der Waals surface area contributed by atoms with E-state index in [0.717, 1.165) is 24.4 Å². The van der Waals surface area contributed by atoms with Gasteiger partial charge in [0.05, 0.1) is 18.3 Å². The third kappa shape index (κ3) is 1.24. The Bertz CT molecular complexity index is 371. The molecule has 1 aromatic rings. The maximum Gasteiger partial charge on any atom is 0.537 e. The third-order valence-electron chi connectivity index (χ3n) is 3.67. The topological polar surface area (TPSA) is 27.7 Å². The van der Waals surface area contributed by atoms with Crippen molar-refractivity contribution in [3.8, 4) is 0 Å². The Labute approximate surface area is 95.7 Å². The molecule has 0 unspecified atom stereocenters. The van der Waals surface area contributed by atoms with Gasteiger partial charge in [-0.15, -0.1) is 0 Å². The molecule has 0 aromatic heterocycles. The third-order valence-corrected chi connectivity index (χ3v) is 6.64. The maximum atomic E-state index is 6.09. The van der Waals surface area contributed by atoms with E-state index in [1.54, 1.807) is 0 Å². The van der Waals surface area contributed by atoms with Gasteiger partial charge in [-0.1, -0.05) is 30.3 Å². The molecule has 4 bridgehead atoms. The van der Waals surface area contributed by atoms with Crippen LogP contribution in [0.2, 0.25) is 0 Å². The molecule has 4 heteroatoms. The van der Waals surface area contributed by atoms with Crippen LogP contribution in [0.4, 0.5) is 0 Å². The Balaban J connectivity index is 1.77. The van der Waals surface area contributed by atoms with Crippen LogP contribution in [0.25, 0.3) is 0 Å². The fraction of sp³-hybridized carbons (Fsp3) is 0.500. The summed E-state index contributed by atoms with van der Waals surface area (Å²) in [5, 5.41) is 1.12. The van der Waals surface area contributed by atoms with E-state index in [-0.39, 0.29) is 0 Å². The first-order valence-electron chi connectivity index (χ1n) is 5.93. The molecular weight excluding hydrogens is 220 g/mol. The minimum absolute atomic E-state index is 0.373. The van der Waals surface area contributed by atoms with Crippen LogP contribution in [0, 0.1) is 0 Å². The maximum absolute atomic E-state index is 6.09. The van der Waals surface area contributed by atoms with Gasteiger partial charge in [0.25, 0.3) is 0 Å². The molecule has 0 amide bonds. The molecule has 1 aromatic carbocycles. The van der Waals surface area contributed by atoms with Gasteiger partial charge in [0.2, 0.25) is 0 Å². The van der Waals surface area contributed by atoms with Crippen molar-refractivity contribution in [1.29, 1.82) is 0 Å². The van der Waals surface area contributed by atoms with Crippen molar-refractivity contribution < 1.29 is 13.3 Å². The molecule has 1 saturated carbocycles. The standard InChI is InChI=1S/C12H14O3Si/c1-2-4-12(5-3-1)16-13-9-6-10(14-16)8-11(7-9)15-16/h1-5,9-11H,6-8H2. The van der Waals surface area contributed by atoms with E-state index in [1.807, 2.05) is 18.2 Å². The van der Waals surface area contributed by atoms with Crippen molar-refractivity contribution >= 4 is 14.0 Å². The van der Waals surface area contributed by atoms with E-state index >= 15 is 0 Å². The predicted octanol–water partition coefficient (Wildman–Crippen LogP) is 1.20. The molecule has 4 aliphatic rings. The molecule has 3 aliphatic heterocycles. The summed E-state index contributed by atoms with van der Waals surface area (Å²) in [5.41, 5.74) is 0. The molecule has 4 fully saturated rings. The van der Waals surface area contributed by atoms with Gasteiger partial charge < -0.3 is 13.3 Å². The van der Waals surface area contributed by atoms with E-state index in [9.17, 15) is 0 Å². The lowest BCUT2D eigenvalue weighted by molar-refractivity contribution is -0.161. The van der Waals surface area contributed by atoms with Crippen LogP contribution in [0.15, 0.2) is 30.3 Å². The van der Waals surface area contributed by atoms with Gasteiger partial charge in [0.1, 0.15) is 0 Å². The summed E-state index contributed by atoms with van der Waals surface area (Å²) in [6.45, 7) is 0. The van der Waals surface area contributed by atoms with Crippen molar-refractivity contribution in [1.82, 2.24) is 0 Å². The van der Waals surface area contributed by atoms with E-state index in [2.05, 4.69) is 12.1 Å². The number of benzene rings is 1. The molecule has 0 atom stereocenters. The van der Waals surface area contributed by atoms with Gasteiger partial charge in [-0.05, 0) is 19.3 Å². The summed E-state index contributed by atoms with van der Waals surface area (Å²) in [4.78, 5) is 0. The van der Waals surface area contributed by atoms with Gasteiger partial charge in [-0.3, -0.25) is 0 Å². The fourth-order valence-electron chi connectivity index (χ4n) is 3.04. The Morgan fingerprint density at radius 1 is 0.812 bits per heavy atom. The van der Waals surface area contributed by atoms with Crippen molar-refractivity contribution in [3.05, 3.63) is 30.3 Å². The highest BCUT2D eigenvalue weighted by atomic mass is 28.4. The molecule has 16 heavy (non-hydrogen) atoms. The average molecular weight is 234 g/mol. The Hall–Kier alpha value is -0.683. The smallest absolute Gasteiger partial charge is 0.367 e. The second-order valence-electron chi connectivity index (χ2n) is 4.85. The van der Waals surface area contributed by atoms with Crippen molar-refractivity contribution in [3.63, 3.8) is 0 Å². The highest BCUT2D eigenvalue weighted by Gasteiger charge is 2.59. The quantitative estimate of drug-likeness (QED) is 0.683. The Morgan fingerprint density at radius 3 is 1.81 bits per heavy atom. The normalized spacial score (nSPS) is 44.9. The summed E-state index contributed by atoms with van der Waals surface area (Å²) in [6, 6.07) is 10.2. The van der Waals surface area contributed by atoms with E-state index in [1.165, 1.54) is 0 Å². The van der Waals surface area contributed by atoms with E-state index in [0.29, 0.717) is 18.3 Å². The molecule has 3 saturated heterocycles. The number of hydrogen-bond acceptors (Lipinski definition) is 3. The first-order valence-corrected chi connectivity index (χ1v) is 7.65. The lowest BCUT2D eigenvalue weighted by Gasteiger charge is -2.53. The summed E-state index contributed by atoms with van der Waals surface area (Å²) in [6.07, 6.45) is 4.29. The van der Waals surface area contributed by atoms with Gasteiger partial charge in [-0.25, -0.2) is 0 Å². The summed E-state index contributed by atoms with van der Waals surface area (Å²) in [7, 11) is -2.52. The Morgan fingerprint density at radius 2 is 1.31 bits per heavy atom. The van der Waals surface area contributed by atoms with Crippen LogP contribution >= 0.6 is 0 Å². The van der Waals surface area contributed by atoms with Crippen molar-refractivity contribution in [2.45, 2.75) is 37.6 Å². The van der Waals surface area contributed by atoms with E-state index < -0.39 is 8.80 Å². The van der Waals surface area contributed by atoms with Gasteiger partial charge >= 0.3 is 8.80 Å². The summed E-state index contributed by atoms with van der Waals surface area (Å²) < 4.78 is 18.3. The molecule has 3 nitrogen and oxygen atoms in total. The van der Waals surface area contributed by atoms with Gasteiger partial charge in [-0.2, -0.15) is 0 Å². The monoisotopic (exact) mass is 234 g/mol. The van der Waals surface area contributed by atoms with Crippen LogP contribution in [0.5, 0.6) is 0 Å². The van der Waals surface area contributed by atoms with Crippen molar-refractivity contribution in [2.75, 3.05) is 0 Å². The summed E-state index contributed by atoms with van der Waals surface area (Å²) in [5.74, 6) is 0. The zero-order valence-corrected chi connectivity index (χ0v) is 9.96. The SMILES string of the molecule is c1ccc([Si]23OC4CC(CC(C4)O2)O3)cc1. The number of hydrogen-bond donors (Lipinski definition) is 0. The zero-order chi connectivity index (χ0) is 10.6. The lowest BCUT2D eigenvalue weighted by atomic mass is 9.93. The molecule has 0 radical (unpaired) electrons. The van der Waals surface area contributed by atoms with Crippen molar-refractivity contribution in [2.24, 2.45) is 0 Å². The fourth-order valence-corrected chi connectivity index (χ4v) is 6.11. The predicted molar refractivity (Wildman–Crippen MR) is 60.3 cm³/mol. The lowest BCUT2D eigenvalue weighted by Crippen LogP contribution is -2.71. The molecule has 3 heterocycles. The summed E-state index contributed by atoms with van der Waals surface area (Å²) >= 11 is 0. The van der Waals surface area contributed by atoms with Gasteiger partial charge in [0, 0.05) is 5.19 Å². The van der Waals surface area contributed by atoms with Crippen LogP contribution in [-0.4, -0.2) is 27.1 Å². The first-order chi connectivity index (χ1) is 7.84. The molecule has 84 valence electrons. The Kier molecular flexibility index (Phi) is 1.85. The molecule has 5 rings (SSSR count). The highest BCUT2D eigenvalue weighted by molar-refractivity contribution is 6.75. The minimum Gasteiger partial charge on any atom is -0.367 e. The highest BCUT2D eigenvalue weighted by Crippen LogP contribution is 2.41. The largest absolute Gasteiger partial charge is 0.537 e. The zero-order valence-electron chi connectivity index (χ0n) is 8.96. The molecule has 0 spiro atoms. The van der Waals surface area contributed by atoms with Gasteiger partial charge in [0.15, 0.2) is 0 Å². The average Bonchev–Trinajstić information content (AvgIpc) is 2.28. The van der Waals surface area contributed by atoms with Crippen LogP contribution in [-0.2, 0) is 13.3 Å². The van der Waals surface area contributed by atoms with Crippen LogP contribution < -0.4 is 5.19 Å². The van der Waals surface area contributed by atoms with Crippen LogP contribution in [0.3, 0.4) is 0 Å². The van der Waals surface area contributed by atoms with Crippen LogP contribution in [0.1, 0.15) is 19.3 Å². The molecule has 0 N–H and O–H groups in total. The second-order valence-corrected chi connectivity index (χ2v) is 7.25. The first kappa shape index (κ1) is 9.36. The number of rotatable bonds is 1. The van der Waals surface area contributed by atoms with E-state index in [4.69, 9.17) is 13.3 Å². The minimum atomic E-state index is -2.52. The second kappa shape index (κ2) is 3.17. The molecule has 1 aliphatic carbocycles. The molecular formula is C12H14O3Si.